The number of non-ortho nitro benzene ring substituents is 1. The minimum Gasteiger partial charge on any atom is -0.347 e. The number of nitrogens with one attached hydrogen (secondary N) is 3. The van der Waals surface area contributed by atoms with E-state index in [4.69, 9.17) is 12.2 Å². The minimum atomic E-state index is -0.548. The molecule has 2 amide bonds. The van der Waals surface area contributed by atoms with Crippen molar-refractivity contribution >= 4 is 40.5 Å². The van der Waals surface area contributed by atoms with Crippen LogP contribution in [0.5, 0.6) is 0 Å². The fraction of sp³-hybridized carbons (Fsp3) is 0.211. The van der Waals surface area contributed by atoms with Crippen LogP contribution in [0.25, 0.3) is 0 Å². The third-order valence-corrected chi connectivity index (χ3v) is 3.68. The van der Waals surface area contributed by atoms with Gasteiger partial charge < -0.3 is 10.6 Å². The largest absolute Gasteiger partial charge is 0.347 e. The summed E-state index contributed by atoms with van der Waals surface area (Å²) in [4.78, 5) is 34.8. The Balaban J connectivity index is 2.08. The normalized spacial score (nSPS) is 10.7. The minimum absolute atomic E-state index is 0.000591. The Kier molecular flexibility index (Phi) is 6.42. The van der Waals surface area contributed by atoms with Crippen molar-refractivity contribution in [1.82, 2.24) is 10.6 Å². The van der Waals surface area contributed by atoms with Gasteiger partial charge >= 0.3 is 0 Å². The van der Waals surface area contributed by atoms with Gasteiger partial charge in [-0.1, -0.05) is 12.1 Å². The zero-order valence-corrected chi connectivity index (χ0v) is 16.4. The Morgan fingerprint density at radius 1 is 1.00 bits per heavy atom. The number of nitro groups is 1. The highest BCUT2D eigenvalue weighted by atomic mass is 32.1. The third-order valence-electron chi connectivity index (χ3n) is 3.48. The van der Waals surface area contributed by atoms with E-state index in [2.05, 4.69) is 16.0 Å². The lowest BCUT2D eigenvalue weighted by atomic mass is 10.1. The molecule has 0 radical (unpaired) electrons. The van der Waals surface area contributed by atoms with Crippen molar-refractivity contribution in [3.8, 4) is 0 Å². The van der Waals surface area contributed by atoms with E-state index in [9.17, 15) is 19.7 Å². The van der Waals surface area contributed by atoms with E-state index in [1.165, 1.54) is 24.3 Å². The van der Waals surface area contributed by atoms with E-state index in [0.29, 0.717) is 11.3 Å². The van der Waals surface area contributed by atoms with Gasteiger partial charge in [0.05, 0.1) is 16.2 Å². The van der Waals surface area contributed by atoms with E-state index in [1.54, 1.807) is 24.3 Å². The molecule has 9 heteroatoms. The smallest absolute Gasteiger partial charge is 0.269 e. The molecule has 0 saturated carbocycles. The number of rotatable bonds is 4. The molecule has 0 bridgehead atoms. The molecule has 146 valence electrons. The number of carbonyl (C=O) groups excluding carboxylic acids is 2. The Bertz CT molecular complexity index is 920. The van der Waals surface area contributed by atoms with Gasteiger partial charge in [-0.25, -0.2) is 0 Å². The van der Waals surface area contributed by atoms with Crippen molar-refractivity contribution in [1.29, 1.82) is 0 Å². The first kappa shape index (κ1) is 21.0. The van der Waals surface area contributed by atoms with Crippen LogP contribution >= 0.6 is 12.2 Å². The Morgan fingerprint density at radius 3 is 2.18 bits per heavy atom. The molecule has 3 N–H and O–H groups in total. The molecule has 0 unspecified atom stereocenters. The molecule has 2 rings (SSSR count). The SMILES string of the molecule is CC(C)(C)NC(=O)c1ccccc1NC(=S)NC(=O)c1ccc([N+](=O)[O-])cc1. The zero-order valence-electron chi connectivity index (χ0n) is 15.6. The van der Waals surface area contributed by atoms with Crippen LogP contribution in [-0.2, 0) is 0 Å². The second-order valence-electron chi connectivity index (χ2n) is 6.96. The molecule has 0 fully saturated rings. The summed E-state index contributed by atoms with van der Waals surface area (Å²) in [7, 11) is 0. The molecule has 0 spiro atoms. The Morgan fingerprint density at radius 2 is 1.61 bits per heavy atom. The van der Waals surface area contributed by atoms with Gasteiger partial charge in [-0.2, -0.15) is 0 Å². The number of amides is 2. The van der Waals surface area contributed by atoms with E-state index in [1.807, 2.05) is 20.8 Å². The maximum Gasteiger partial charge on any atom is 0.269 e. The van der Waals surface area contributed by atoms with Gasteiger partial charge in [0.2, 0.25) is 0 Å². The van der Waals surface area contributed by atoms with Gasteiger partial charge in [-0.15, -0.1) is 0 Å². The highest BCUT2D eigenvalue weighted by Gasteiger charge is 2.18. The first-order chi connectivity index (χ1) is 13.1. The number of anilines is 1. The maximum absolute atomic E-state index is 12.5. The number of hydrogen-bond donors (Lipinski definition) is 3. The van der Waals surface area contributed by atoms with Crippen LogP contribution in [0.1, 0.15) is 41.5 Å². The van der Waals surface area contributed by atoms with Crippen LogP contribution in [-0.4, -0.2) is 27.4 Å². The maximum atomic E-state index is 12.5. The predicted octanol–water partition coefficient (Wildman–Crippen LogP) is 3.25. The fourth-order valence-corrected chi connectivity index (χ4v) is 2.46. The summed E-state index contributed by atoms with van der Waals surface area (Å²) < 4.78 is 0. The first-order valence-corrected chi connectivity index (χ1v) is 8.76. The van der Waals surface area contributed by atoms with Crippen LogP contribution in [0.15, 0.2) is 48.5 Å². The van der Waals surface area contributed by atoms with Crippen molar-refractivity contribution in [3.63, 3.8) is 0 Å². The molecular formula is C19H20N4O4S. The Labute approximate surface area is 167 Å². The summed E-state index contributed by atoms with van der Waals surface area (Å²) >= 11 is 5.15. The number of nitro benzene ring substituents is 1. The molecule has 8 nitrogen and oxygen atoms in total. The van der Waals surface area contributed by atoms with Crippen LogP contribution < -0.4 is 16.0 Å². The summed E-state index contributed by atoms with van der Waals surface area (Å²) in [5.41, 5.74) is 0.515. The molecule has 0 aliphatic rings. The first-order valence-electron chi connectivity index (χ1n) is 8.35. The van der Waals surface area contributed by atoms with E-state index in [-0.39, 0.29) is 22.3 Å². The lowest BCUT2D eigenvalue weighted by molar-refractivity contribution is -0.384. The standard InChI is InChI=1S/C19H20N4O4S/c1-19(2,3)22-17(25)14-6-4-5-7-15(14)20-18(28)21-16(24)12-8-10-13(11-9-12)23(26)27/h4-11H,1-3H3,(H,22,25)(H2,20,21,24,28). The molecule has 0 atom stereocenters. The van der Waals surface area contributed by atoms with Crippen LogP contribution in [0.2, 0.25) is 0 Å². The molecule has 0 saturated heterocycles. The highest BCUT2D eigenvalue weighted by Crippen LogP contribution is 2.16. The lowest BCUT2D eigenvalue weighted by Gasteiger charge is -2.21. The molecule has 2 aromatic carbocycles. The van der Waals surface area contributed by atoms with E-state index < -0.39 is 16.4 Å². The molecule has 0 aliphatic carbocycles. The van der Waals surface area contributed by atoms with Crippen molar-refractivity contribution in [2.45, 2.75) is 26.3 Å². The van der Waals surface area contributed by atoms with E-state index >= 15 is 0 Å². The molecule has 0 aromatic heterocycles. The van der Waals surface area contributed by atoms with Gasteiger partial charge in [0.15, 0.2) is 5.11 Å². The molecule has 0 aliphatic heterocycles. The summed E-state index contributed by atoms with van der Waals surface area (Å²) in [6.07, 6.45) is 0. The molecule has 2 aromatic rings. The van der Waals surface area contributed by atoms with Crippen molar-refractivity contribution < 1.29 is 14.5 Å². The quantitative estimate of drug-likeness (QED) is 0.412. The fourth-order valence-electron chi connectivity index (χ4n) is 2.26. The Hall–Kier alpha value is -3.33. The number of benzene rings is 2. The number of thiocarbonyl (C=S) groups is 1. The monoisotopic (exact) mass is 400 g/mol. The second kappa shape index (κ2) is 8.57. The number of carbonyl (C=O) groups is 2. The van der Waals surface area contributed by atoms with Crippen LogP contribution in [0.4, 0.5) is 11.4 Å². The third kappa shape index (κ3) is 5.85. The molecular weight excluding hydrogens is 380 g/mol. The summed E-state index contributed by atoms with van der Waals surface area (Å²) in [5.74, 6) is -0.802. The number of hydrogen-bond acceptors (Lipinski definition) is 5. The van der Waals surface area contributed by atoms with Crippen molar-refractivity contribution in [3.05, 3.63) is 69.8 Å². The average Bonchev–Trinajstić information content (AvgIpc) is 2.60. The van der Waals surface area contributed by atoms with Gasteiger partial charge in [0.25, 0.3) is 17.5 Å². The number of para-hydroxylation sites is 1. The van der Waals surface area contributed by atoms with E-state index in [0.717, 1.165) is 0 Å². The van der Waals surface area contributed by atoms with Gasteiger partial charge in [-0.05, 0) is 57.3 Å². The van der Waals surface area contributed by atoms with Crippen LogP contribution in [0, 0.1) is 10.1 Å². The highest BCUT2D eigenvalue weighted by molar-refractivity contribution is 7.80. The summed E-state index contributed by atoms with van der Waals surface area (Å²) in [5, 5.41) is 18.9. The predicted molar refractivity (Wildman–Crippen MR) is 110 cm³/mol. The second-order valence-corrected chi connectivity index (χ2v) is 7.37. The average molecular weight is 400 g/mol. The molecule has 28 heavy (non-hydrogen) atoms. The molecule has 0 heterocycles. The zero-order chi connectivity index (χ0) is 20.9. The lowest BCUT2D eigenvalue weighted by Crippen LogP contribution is -2.41. The van der Waals surface area contributed by atoms with Crippen LogP contribution in [0.3, 0.4) is 0 Å². The number of nitrogens with zero attached hydrogens (tertiary/aromatic N) is 1. The summed E-state index contributed by atoms with van der Waals surface area (Å²) in [6.45, 7) is 5.61. The topological polar surface area (TPSA) is 113 Å². The van der Waals surface area contributed by atoms with Gasteiger partial charge in [-0.3, -0.25) is 25.0 Å². The summed E-state index contributed by atoms with van der Waals surface area (Å²) in [6, 6.07) is 11.9. The van der Waals surface area contributed by atoms with Crippen molar-refractivity contribution in [2.24, 2.45) is 0 Å². The van der Waals surface area contributed by atoms with Crippen molar-refractivity contribution in [2.75, 3.05) is 5.32 Å². The van der Waals surface area contributed by atoms with Gasteiger partial charge in [0, 0.05) is 23.2 Å². The van der Waals surface area contributed by atoms with Gasteiger partial charge in [0.1, 0.15) is 0 Å².